The molecule has 0 N–H and O–H groups in total. The fourth-order valence-corrected chi connectivity index (χ4v) is 5.59. The lowest BCUT2D eigenvalue weighted by atomic mass is 10.1. The van der Waals surface area contributed by atoms with E-state index in [0.717, 1.165) is 29.6 Å². The Morgan fingerprint density at radius 2 is 1.79 bits per heavy atom. The Bertz CT molecular complexity index is 1200. The molecule has 1 aromatic carbocycles. The maximum Gasteiger partial charge on any atom is 0.255 e. The van der Waals surface area contributed by atoms with E-state index >= 15 is 0 Å². The summed E-state index contributed by atoms with van der Waals surface area (Å²) in [6.45, 7) is 8.16. The van der Waals surface area contributed by atoms with Gasteiger partial charge in [-0.1, -0.05) is 6.07 Å². The molecule has 33 heavy (non-hydrogen) atoms. The quantitative estimate of drug-likeness (QED) is 0.682. The van der Waals surface area contributed by atoms with Crippen LogP contribution in [-0.4, -0.2) is 68.6 Å². The van der Waals surface area contributed by atoms with Gasteiger partial charge in [0.25, 0.3) is 5.91 Å². The third-order valence-electron chi connectivity index (χ3n) is 6.41. The van der Waals surface area contributed by atoms with Gasteiger partial charge in [0.05, 0.1) is 10.5 Å². The number of anilines is 2. The summed E-state index contributed by atoms with van der Waals surface area (Å²) in [5.74, 6) is 0.575. The van der Waals surface area contributed by atoms with E-state index in [0.29, 0.717) is 38.3 Å². The lowest BCUT2D eigenvalue weighted by molar-refractivity contribution is -0.117. The summed E-state index contributed by atoms with van der Waals surface area (Å²) >= 11 is 0. The Hall–Kier alpha value is -2.94. The van der Waals surface area contributed by atoms with Crippen molar-refractivity contribution >= 4 is 33.2 Å². The molecule has 2 aromatic rings. The highest BCUT2D eigenvalue weighted by atomic mass is 32.2. The number of sulfone groups is 1. The van der Waals surface area contributed by atoms with E-state index in [1.807, 2.05) is 27.0 Å². The van der Waals surface area contributed by atoms with Crippen LogP contribution in [0.2, 0.25) is 0 Å². The molecule has 2 saturated heterocycles. The van der Waals surface area contributed by atoms with Crippen LogP contribution in [0.1, 0.15) is 41.3 Å². The predicted molar refractivity (Wildman–Crippen MR) is 128 cm³/mol. The van der Waals surface area contributed by atoms with E-state index in [1.165, 1.54) is 6.07 Å². The number of rotatable bonds is 4. The first-order valence-corrected chi connectivity index (χ1v) is 13.1. The van der Waals surface area contributed by atoms with Gasteiger partial charge in [-0.2, -0.15) is 0 Å². The molecule has 0 bridgehead atoms. The normalized spacial score (nSPS) is 19.3. The molecular weight excluding hydrogens is 440 g/mol. The van der Waals surface area contributed by atoms with Gasteiger partial charge in [-0.05, 0) is 56.5 Å². The SMILES string of the molecule is Cc1cnc(N2CCN(C(=O)c3ccc(N4C(=O)CCC4C)cc3S(C)(=O)=O)CC2)c(C)c1. The Balaban J connectivity index is 1.56. The largest absolute Gasteiger partial charge is 0.353 e. The molecule has 1 unspecified atom stereocenters. The number of pyridine rings is 1. The van der Waals surface area contributed by atoms with Gasteiger partial charge < -0.3 is 14.7 Å². The highest BCUT2D eigenvalue weighted by Crippen LogP contribution is 2.31. The lowest BCUT2D eigenvalue weighted by Crippen LogP contribution is -2.49. The number of aromatic nitrogens is 1. The zero-order valence-corrected chi connectivity index (χ0v) is 20.4. The average Bonchev–Trinajstić information content (AvgIpc) is 3.10. The standard InChI is InChI=1S/C24H30N4O4S/c1-16-13-17(2)23(25-15-16)26-9-11-27(12-10-26)24(30)20-7-6-19(14-21(20)33(4,31)32)28-18(3)5-8-22(28)29/h6-7,13-15,18H,5,8-12H2,1-4H3. The summed E-state index contributed by atoms with van der Waals surface area (Å²) in [4.78, 5) is 35.6. The number of nitrogens with zero attached hydrogens (tertiary/aromatic N) is 4. The van der Waals surface area contributed by atoms with E-state index in [4.69, 9.17) is 0 Å². The zero-order chi connectivity index (χ0) is 23.9. The molecule has 176 valence electrons. The summed E-state index contributed by atoms with van der Waals surface area (Å²) in [6, 6.07) is 6.78. The summed E-state index contributed by atoms with van der Waals surface area (Å²) in [6.07, 6.45) is 4.11. The smallest absolute Gasteiger partial charge is 0.255 e. The Kier molecular flexibility index (Phi) is 6.18. The molecule has 1 aromatic heterocycles. The lowest BCUT2D eigenvalue weighted by Gasteiger charge is -2.36. The van der Waals surface area contributed by atoms with Crippen molar-refractivity contribution in [2.75, 3.05) is 42.2 Å². The molecule has 4 rings (SSSR count). The van der Waals surface area contributed by atoms with Crippen molar-refractivity contribution in [2.45, 2.75) is 44.6 Å². The highest BCUT2D eigenvalue weighted by Gasteiger charge is 2.32. The van der Waals surface area contributed by atoms with Gasteiger partial charge in [0.15, 0.2) is 9.84 Å². The zero-order valence-electron chi connectivity index (χ0n) is 19.5. The van der Waals surface area contributed by atoms with E-state index < -0.39 is 9.84 Å². The van der Waals surface area contributed by atoms with Gasteiger partial charge in [-0.3, -0.25) is 9.59 Å². The maximum atomic E-state index is 13.3. The fraction of sp³-hybridized carbons (Fsp3) is 0.458. The molecule has 3 heterocycles. The molecule has 0 spiro atoms. The molecule has 1 atom stereocenters. The topological polar surface area (TPSA) is 90.9 Å². The van der Waals surface area contributed by atoms with Gasteiger partial charge >= 0.3 is 0 Å². The van der Waals surface area contributed by atoms with Crippen LogP contribution < -0.4 is 9.80 Å². The molecule has 0 saturated carbocycles. The molecule has 2 aliphatic rings. The molecule has 9 heteroatoms. The summed E-state index contributed by atoms with van der Waals surface area (Å²) in [7, 11) is -3.67. The molecule has 8 nitrogen and oxygen atoms in total. The summed E-state index contributed by atoms with van der Waals surface area (Å²) in [5, 5.41) is 0. The van der Waals surface area contributed by atoms with Crippen molar-refractivity contribution in [3.8, 4) is 0 Å². The van der Waals surface area contributed by atoms with E-state index in [9.17, 15) is 18.0 Å². The molecular formula is C24H30N4O4S. The number of aryl methyl sites for hydroxylation is 2. The highest BCUT2D eigenvalue weighted by molar-refractivity contribution is 7.90. The second-order valence-corrected chi connectivity index (χ2v) is 11.0. The number of carbonyl (C=O) groups excluding carboxylic acids is 2. The second kappa shape index (κ2) is 8.78. The summed E-state index contributed by atoms with van der Waals surface area (Å²) < 4.78 is 25.2. The van der Waals surface area contributed by atoms with Crippen molar-refractivity contribution in [3.05, 3.63) is 47.2 Å². The Morgan fingerprint density at radius 1 is 1.09 bits per heavy atom. The molecule has 0 radical (unpaired) electrons. The van der Waals surface area contributed by atoms with Gasteiger partial charge in [0, 0.05) is 56.8 Å². The van der Waals surface area contributed by atoms with Crippen LogP contribution in [0.4, 0.5) is 11.5 Å². The average molecular weight is 471 g/mol. The van der Waals surface area contributed by atoms with Crippen molar-refractivity contribution < 1.29 is 18.0 Å². The third kappa shape index (κ3) is 4.59. The first-order valence-electron chi connectivity index (χ1n) is 11.2. The maximum absolute atomic E-state index is 13.3. The van der Waals surface area contributed by atoms with Crippen LogP contribution in [0, 0.1) is 13.8 Å². The molecule has 2 amide bonds. The second-order valence-electron chi connectivity index (χ2n) is 9.04. The van der Waals surface area contributed by atoms with Gasteiger partial charge in [0.2, 0.25) is 5.91 Å². The van der Waals surface area contributed by atoms with Crippen molar-refractivity contribution in [3.63, 3.8) is 0 Å². The first-order chi connectivity index (χ1) is 15.6. The minimum atomic E-state index is -3.67. The fourth-order valence-electron chi connectivity index (χ4n) is 4.70. The number of benzene rings is 1. The number of amides is 2. The summed E-state index contributed by atoms with van der Waals surface area (Å²) in [5.41, 5.74) is 2.87. The first kappa shape index (κ1) is 23.2. The minimum Gasteiger partial charge on any atom is -0.353 e. The number of carbonyl (C=O) groups is 2. The third-order valence-corrected chi connectivity index (χ3v) is 7.55. The monoisotopic (exact) mass is 470 g/mol. The van der Waals surface area contributed by atoms with Crippen LogP contribution in [-0.2, 0) is 14.6 Å². The van der Waals surface area contributed by atoms with Crippen molar-refractivity contribution in [1.29, 1.82) is 0 Å². The molecule has 2 aliphatic heterocycles. The van der Waals surface area contributed by atoms with Gasteiger partial charge in [-0.25, -0.2) is 13.4 Å². The van der Waals surface area contributed by atoms with Crippen molar-refractivity contribution in [2.24, 2.45) is 0 Å². The van der Waals surface area contributed by atoms with Gasteiger partial charge in [0.1, 0.15) is 5.82 Å². The van der Waals surface area contributed by atoms with E-state index in [1.54, 1.807) is 21.9 Å². The van der Waals surface area contributed by atoms with Crippen LogP contribution in [0.15, 0.2) is 35.4 Å². The van der Waals surface area contributed by atoms with Crippen LogP contribution in [0.5, 0.6) is 0 Å². The van der Waals surface area contributed by atoms with Crippen LogP contribution in [0.3, 0.4) is 0 Å². The minimum absolute atomic E-state index is 0.00150. The number of piperazine rings is 1. The van der Waals surface area contributed by atoms with Crippen molar-refractivity contribution in [1.82, 2.24) is 9.88 Å². The number of hydrogen-bond donors (Lipinski definition) is 0. The Morgan fingerprint density at radius 3 is 2.36 bits per heavy atom. The van der Waals surface area contributed by atoms with Crippen LogP contribution >= 0.6 is 0 Å². The number of hydrogen-bond acceptors (Lipinski definition) is 6. The predicted octanol–water partition coefficient (Wildman–Crippen LogP) is 2.58. The Labute approximate surface area is 195 Å². The van der Waals surface area contributed by atoms with Gasteiger partial charge in [-0.15, -0.1) is 0 Å². The van der Waals surface area contributed by atoms with Crippen LogP contribution in [0.25, 0.3) is 0 Å². The van der Waals surface area contributed by atoms with E-state index in [-0.39, 0.29) is 28.3 Å². The molecule has 2 fully saturated rings. The van der Waals surface area contributed by atoms with E-state index in [2.05, 4.69) is 16.0 Å². The molecule has 0 aliphatic carbocycles.